The summed E-state index contributed by atoms with van der Waals surface area (Å²) >= 11 is 0. The first kappa shape index (κ1) is 16.0. The second kappa shape index (κ2) is 5.77. The van der Waals surface area contributed by atoms with Crippen molar-refractivity contribution in [2.24, 2.45) is 0 Å². The monoisotopic (exact) mass is 326 g/mol. The molecule has 1 aromatic carbocycles. The van der Waals surface area contributed by atoms with E-state index in [1.807, 2.05) is 0 Å². The summed E-state index contributed by atoms with van der Waals surface area (Å²) in [6.07, 6.45) is -3.49. The summed E-state index contributed by atoms with van der Waals surface area (Å²) in [7, 11) is -3.83. The molecule has 0 unspecified atom stereocenters. The van der Waals surface area contributed by atoms with E-state index in [0.29, 0.717) is 11.8 Å². The molecule has 2 aromatic rings. The lowest BCUT2D eigenvalue weighted by molar-refractivity contribution is -0.138. The van der Waals surface area contributed by atoms with Crippen LogP contribution in [0.5, 0.6) is 0 Å². The number of nitrogens with zero attached hydrogens (tertiary/aromatic N) is 2. The molecule has 2 rings (SSSR count). The van der Waals surface area contributed by atoms with Crippen molar-refractivity contribution in [2.45, 2.75) is 11.3 Å². The van der Waals surface area contributed by atoms with Crippen LogP contribution in [0.15, 0.2) is 41.7 Å². The molecular weight excluding hydrogens is 317 g/mol. The Kier molecular flexibility index (Phi) is 4.19. The van der Waals surface area contributed by atoms with Gasteiger partial charge < -0.3 is 0 Å². The molecule has 0 atom stereocenters. The molecule has 0 aliphatic heterocycles. The lowest BCUT2D eigenvalue weighted by Crippen LogP contribution is -2.13. The third kappa shape index (κ3) is 3.83. The predicted molar refractivity (Wildman–Crippen MR) is 72.6 cm³/mol. The number of aromatic nitrogens is 2. The van der Waals surface area contributed by atoms with Crippen molar-refractivity contribution < 1.29 is 21.6 Å². The molecule has 0 saturated carbocycles. The standard InChI is InChI=1S/C14H9F3N2O2S/c1-22(20,21)13-18-9-11(14(15,16)17)12(19-13)8-7-10-5-3-2-4-6-10/h2-6,9H,1H3. The van der Waals surface area contributed by atoms with E-state index in [2.05, 4.69) is 21.8 Å². The Morgan fingerprint density at radius 2 is 1.73 bits per heavy atom. The Balaban J connectivity index is 2.59. The predicted octanol–water partition coefficient (Wildman–Crippen LogP) is 2.30. The average Bonchev–Trinajstić information content (AvgIpc) is 2.44. The maximum absolute atomic E-state index is 12.9. The van der Waals surface area contributed by atoms with Gasteiger partial charge in [0.05, 0.1) is 0 Å². The third-order valence-electron chi connectivity index (χ3n) is 2.50. The number of rotatable bonds is 1. The molecule has 0 aliphatic carbocycles. The molecule has 4 nitrogen and oxygen atoms in total. The second-order valence-corrected chi connectivity index (χ2v) is 6.21. The summed E-state index contributed by atoms with van der Waals surface area (Å²) in [5, 5.41) is -0.696. The lowest BCUT2D eigenvalue weighted by Gasteiger charge is -2.08. The van der Waals surface area contributed by atoms with Gasteiger partial charge in [0.1, 0.15) is 11.3 Å². The smallest absolute Gasteiger partial charge is 0.226 e. The summed E-state index contributed by atoms with van der Waals surface area (Å²) in [5.74, 6) is 4.78. The van der Waals surface area contributed by atoms with Crippen LogP contribution in [-0.4, -0.2) is 24.6 Å². The van der Waals surface area contributed by atoms with Crippen molar-refractivity contribution >= 4 is 9.84 Å². The first-order valence-electron chi connectivity index (χ1n) is 5.89. The molecule has 0 fully saturated rings. The Bertz CT molecular complexity index is 851. The summed E-state index contributed by atoms with van der Waals surface area (Å²) < 4.78 is 61.4. The van der Waals surface area contributed by atoms with Gasteiger partial charge in [-0.05, 0) is 18.1 Å². The number of alkyl halides is 3. The van der Waals surface area contributed by atoms with Crippen LogP contribution in [0.4, 0.5) is 13.2 Å². The maximum Gasteiger partial charge on any atom is 0.420 e. The topological polar surface area (TPSA) is 59.9 Å². The molecular formula is C14H9F3N2O2S. The zero-order valence-electron chi connectivity index (χ0n) is 11.2. The molecule has 0 amide bonds. The molecule has 0 aliphatic rings. The van der Waals surface area contributed by atoms with Crippen LogP contribution in [0.25, 0.3) is 0 Å². The van der Waals surface area contributed by atoms with Crippen molar-refractivity contribution in [3.8, 4) is 11.8 Å². The second-order valence-electron chi connectivity index (χ2n) is 4.30. The molecule has 22 heavy (non-hydrogen) atoms. The van der Waals surface area contributed by atoms with Gasteiger partial charge in [-0.15, -0.1) is 0 Å². The molecule has 114 valence electrons. The summed E-state index contributed by atoms with van der Waals surface area (Å²) in [6, 6.07) is 8.31. The van der Waals surface area contributed by atoms with E-state index in [-0.39, 0.29) is 0 Å². The van der Waals surface area contributed by atoms with E-state index in [0.717, 1.165) is 6.26 Å². The van der Waals surface area contributed by atoms with E-state index in [4.69, 9.17) is 0 Å². The maximum atomic E-state index is 12.9. The molecule has 8 heteroatoms. The Hall–Kier alpha value is -2.40. The highest BCUT2D eigenvalue weighted by molar-refractivity contribution is 7.90. The summed E-state index contributed by atoms with van der Waals surface area (Å²) in [5.41, 5.74) is -1.37. The normalized spacial score (nSPS) is 11.6. The third-order valence-corrected chi connectivity index (χ3v) is 3.36. The highest BCUT2D eigenvalue weighted by Crippen LogP contribution is 2.30. The van der Waals surface area contributed by atoms with E-state index < -0.39 is 32.4 Å². The van der Waals surface area contributed by atoms with Gasteiger partial charge in [0, 0.05) is 18.0 Å². The van der Waals surface area contributed by atoms with E-state index in [1.165, 1.54) is 0 Å². The molecule has 1 aromatic heterocycles. The largest absolute Gasteiger partial charge is 0.420 e. The molecule has 0 radical (unpaired) electrons. The Morgan fingerprint density at radius 1 is 1.09 bits per heavy atom. The zero-order valence-corrected chi connectivity index (χ0v) is 12.0. The fourth-order valence-corrected chi connectivity index (χ4v) is 2.00. The SMILES string of the molecule is CS(=O)(=O)c1ncc(C(F)(F)F)c(C#Cc2ccccc2)n1. The van der Waals surface area contributed by atoms with E-state index in [1.54, 1.807) is 30.3 Å². The first-order chi connectivity index (χ1) is 10.2. The number of benzene rings is 1. The zero-order chi connectivity index (χ0) is 16.4. The fourth-order valence-electron chi connectivity index (χ4n) is 1.50. The summed E-state index contributed by atoms with van der Waals surface area (Å²) in [6.45, 7) is 0. The van der Waals surface area contributed by atoms with Gasteiger partial charge in [-0.2, -0.15) is 13.2 Å². The highest BCUT2D eigenvalue weighted by atomic mass is 32.2. The number of halogens is 3. The minimum atomic E-state index is -4.73. The van der Waals surface area contributed by atoms with E-state index in [9.17, 15) is 21.6 Å². The Labute approximate surface area is 125 Å². The number of hydrogen-bond acceptors (Lipinski definition) is 4. The van der Waals surface area contributed by atoms with Crippen LogP contribution in [0.1, 0.15) is 16.8 Å². The van der Waals surface area contributed by atoms with E-state index >= 15 is 0 Å². The van der Waals surface area contributed by atoms with Crippen molar-refractivity contribution in [1.29, 1.82) is 0 Å². The van der Waals surface area contributed by atoms with Crippen molar-refractivity contribution in [1.82, 2.24) is 9.97 Å². The van der Waals surface area contributed by atoms with Crippen LogP contribution in [-0.2, 0) is 16.0 Å². The lowest BCUT2D eigenvalue weighted by atomic mass is 10.2. The van der Waals surface area contributed by atoms with Gasteiger partial charge in [-0.1, -0.05) is 24.1 Å². The summed E-state index contributed by atoms with van der Waals surface area (Å²) in [4.78, 5) is 6.68. The molecule has 0 saturated heterocycles. The molecule has 0 bridgehead atoms. The number of hydrogen-bond donors (Lipinski definition) is 0. The van der Waals surface area contributed by atoms with Gasteiger partial charge >= 0.3 is 6.18 Å². The Morgan fingerprint density at radius 3 is 2.27 bits per heavy atom. The quantitative estimate of drug-likeness (QED) is 0.596. The van der Waals surface area contributed by atoms with Crippen LogP contribution in [0.3, 0.4) is 0 Å². The minimum absolute atomic E-state index is 0.429. The van der Waals surface area contributed by atoms with Gasteiger partial charge in [-0.3, -0.25) is 0 Å². The van der Waals surface area contributed by atoms with Crippen LogP contribution < -0.4 is 0 Å². The number of sulfone groups is 1. The first-order valence-corrected chi connectivity index (χ1v) is 7.78. The highest BCUT2D eigenvalue weighted by Gasteiger charge is 2.35. The van der Waals surface area contributed by atoms with Gasteiger partial charge in [0.25, 0.3) is 0 Å². The molecule has 1 heterocycles. The average molecular weight is 326 g/mol. The molecule has 0 spiro atoms. The van der Waals surface area contributed by atoms with Gasteiger partial charge in [-0.25, -0.2) is 18.4 Å². The van der Waals surface area contributed by atoms with Crippen LogP contribution in [0, 0.1) is 11.8 Å². The van der Waals surface area contributed by atoms with Crippen LogP contribution in [0.2, 0.25) is 0 Å². The van der Waals surface area contributed by atoms with Crippen molar-refractivity contribution in [3.05, 3.63) is 53.3 Å². The molecule has 0 N–H and O–H groups in total. The van der Waals surface area contributed by atoms with Crippen molar-refractivity contribution in [3.63, 3.8) is 0 Å². The van der Waals surface area contributed by atoms with Gasteiger partial charge in [0.15, 0.2) is 0 Å². The minimum Gasteiger partial charge on any atom is -0.226 e. The van der Waals surface area contributed by atoms with Crippen molar-refractivity contribution in [2.75, 3.05) is 6.26 Å². The fraction of sp³-hybridized carbons (Fsp3) is 0.143. The van der Waals surface area contributed by atoms with Gasteiger partial charge in [0.2, 0.25) is 15.0 Å². The van der Waals surface area contributed by atoms with Crippen LogP contribution >= 0.6 is 0 Å².